The zero-order valence-corrected chi connectivity index (χ0v) is 32.7. The van der Waals surface area contributed by atoms with E-state index in [2.05, 4.69) is 10.6 Å². The molecule has 2 amide bonds. The molecule has 0 unspecified atom stereocenters. The van der Waals surface area contributed by atoms with Crippen LogP contribution in [0.25, 0.3) is 0 Å². The molecule has 0 heterocycles. The van der Waals surface area contributed by atoms with Gasteiger partial charge in [-0.15, -0.1) is 0 Å². The van der Waals surface area contributed by atoms with E-state index in [0.29, 0.717) is 6.42 Å². The van der Waals surface area contributed by atoms with E-state index in [4.69, 9.17) is 33.9 Å². The standard InChI is InChI=1S/C40H66N2O13/c43-36(41-21-23-52-26-28-54-32-39(47)48)30-53-27-25-51-24-22-42-37(44)31-55-35-20-19-33(29-34(35)40(49)50)17-15-13-11-9-7-5-3-1-2-4-6-8-10-12-14-16-18-38(45)46/h19-20,29H,1-18,21-28,30-32H2,(H,41,43)(H,42,44)(H,45,46)(H,47,48)(H,49,50). The third kappa shape index (κ3) is 31.1. The molecule has 5 N–H and O–H groups in total. The lowest BCUT2D eigenvalue weighted by molar-refractivity contribution is -0.143. The van der Waals surface area contributed by atoms with Gasteiger partial charge in [-0.05, 0) is 37.0 Å². The summed E-state index contributed by atoms with van der Waals surface area (Å²) in [6, 6.07) is 5.08. The van der Waals surface area contributed by atoms with Crippen LogP contribution in [0.2, 0.25) is 0 Å². The van der Waals surface area contributed by atoms with Crippen LogP contribution in [0.15, 0.2) is 18.2 Å². The number of ether oxygens (including phenoxy) is 5. The fraction of sp³-hybridized carbons (Fsp3) is 0.725. The van der Waals surface area contributed by atoms with E-state index in [1.807, 2.05) is 6.07 Å². The topological polar surface area (TPSA) is 216 Å². The van der Waals surface area contributed by atoms with Crippen molar-refractivity contribution in [3.05, 3.63) is 29.3 Å². The summed E-state index contributed by atoms with van der Waals surface area (Å²) >= 11 is 0. The number of aliphatic carboxylic acids is 2. The summed E-state index contributed by atoms with van der Waals surface area (Å²) in [5.74, 6) is -3.44. The maximum absolute atomic E-state index is 12.2. The zero-order chi connectivity index (χ0) is 40.2. The van der Waals surface area contributed by atoms with E-state index in [-0.39, 0.29) is 89.8 Å². The first-order valence-corrected chi connectivity index (χ1v) is 20.0. The summed E-state index contributed by atoms with van der Waals surface area (Å²) in [6.45, 7) is 0.866. The Morgan fingerprint density at radius 2 is 0.945 bits per heavy atom. The van der Waals surface area contributed by atoms with Crippen molar-refractivity contribution in [1.82, 2.24) is 10.6 Å². The summed E-state index contributed by atoms with van der Waals surface area (Å²) in [5.41, 5.74) is 0.960. The molecule has 0 spiro atoms. The highest BCUT2D eigenvalue weighted by molar-refractivity contribution is 5.91. The van der Waals surface area contributed by atoms with E-state index in [1.54, 1.807) is 12.1 Å². The number of unbranched alkanes of at least 4 members (excludes halogenated alkanes) is 15. The number of carbonyl (C=O) groups excluding carboxylic acids is 2. The molecular weight excluding hydrogens is 716 g/mol. The van der Waals surface area contributed by atoms with Gasteiger partial charge in [0.2, 0.25) is 5.91 Å². The first kappa shape index (κ1) is 49.2. The van der Waals surface area contributed by atoms with Crippen molar-refractivity contribution in [1.29, 1.82) is 0 Å². The van der Waals surface area contributed by atoms with E-state index in [1.165, 1.54) is 70.6 Å². The quantitative estimate of drug-likeness (QED) is 0.0529. The normalized spacial score (nSPS) is 11.0. The lowest BCUT2D eigenvalue weighted by Gasteiger charge is -2.12. The van der Waals surface area contributed by atoms with Gasteiger partial charge in [0.05, 0.1) is 39.6 Å². The highest BCUT2D eigenvalue weighted by Crippen LogP contribution is 2.22. The van der Waals surface area contributed by atoms with Gasteiger partial charge < -0.3 is 49.6 Å². The van der Waals surface area contributed by atoms with Crippen molar-refractivity contribution in [2.45, 2.75) is 116 Å². The Balaban J connectivity index is 2.03. The van der Waals surface area contributed by atoms with Gasteiger partial charge in [-0.1, -0.05) is 96.0 Å². The third-order valence-corrected chi connectivity index (χ3v) is 8.58. The van der Waals surface area contributed by atoms with Crippen molar-refractivity contribution < 1.29 is 63.0 Å². The molecule has 314 valence electrons. The summed E-state index contributed by atoms with van der Waals surface area (Å²) in [6.07, 6.45) is 20.0. The largest absolute Gasteiger partial charge is 0.483 e. The van der Waals surface area contributed by atoms with Crippen molar-refractivity contribution in [3.63, 3.8) is 0 Å². The fourth-order valence-electron chi connectivity index (χ4n) is 5.64. The van der Waals surface area contributed by atoms with Crippen LogP contribution in [0.1, 0.15) is 125 Å². The molecule has 0 atom stereocenters. The Hall–Kier alpha value is -3.79. The van der Waals surface area contributed by atoms with E-state index in [9.17, 15) is 29.1 Å². The molecule has 0 aliphatic heterocycles. The molecule has 0 radical (unpaired) electrons. The lowest BCUT2D eigenvalue weighted by Crippen LogP contribution is -2.32. The third-order valence-electron chi connectivity index (χ3n) is 8.58. The molecule has 0 aliphatic rings. The number of benzene rings is 1. The number of hydrogen-bond acceptors (Lipinski definition) is 10. The molecule has 0 fully saturated rings. The minimum Gasteiger partial charge on any atom is -0.483 e. The second-order valence-corrected chi connectivity index (χ2v) is 13.4. The minimum absolute atomic E-state index is 0.0312. The van der Waals surface area contributed by atoms with Crippen LogP contribution in [0.5, 0.6) is 5.75 Å². The van der Waals surface area contributed by atoms with Crippen molar-refractivity contribution >= 4 is 29.7 Å². The van der Waals surface area contributed by atoms with Gasteiger partial charge in [0.25, 0.3) is 5.91 Å². The van der Waals surface area contributed by atoms with E-state index < -0.39 is 23.8 Å². The summed E-state index contributed by atoms with van der Waals surface area (Å²) in [4.78, 5) is 56.7. The van der Waals surface area contributed by atoms with Gasteiger partial charge in [-0.2, -0.15) is 0 Å². The minimum atomic E-state index is -1.11. The van der Waals surface area contributed by atoms with Gasteiger partial charge in [0, 0.05) is 19.5 Å². The summed E-state index contributed by atoms with van der Waals surface area (Å²) in [7, 11) is 0. The predicted molar refractivity (Wildman–Crippen MR) is 206 cm³/mol. The number of aryl methyl sites for hydroxylation is 1. The number of amides is 2. The Morgan fingerprint density at radius 1 is 0.491 bits per heavy atom. The maximum Gasteiger partial charge on any atom is 0.339 e. The average Bonchev–Trinajstić information content (AvgIpc) is 3.15. The highest BCUT2D eigenvalue weighted by atomic mass is 16.5. The van der Waals surface area contributed by atoms with Crippen LogP contribution in [-0.2, 0) is 44.5 Å². The highest BCUT2D eigenvalue weighted by Gasteiger charge is 2.14. The number of rotatable bonds is 39. The fourth-order valence-corrected chi connectivity index (χ4v) is 5.64. The summed E-state index contributed by atoms with van der Waals surface area (Å²) in [5, 5.41) is 32.1. The number of aromatic carboxylic acids is 1. The molecule has 0 bridgehead atoms. The second kappa shape index (κ2) is 34.7. The predicted octanol–water partition coefficient (Wildman–Crippen LogP) is 5.41. The molecule has 15 nitrogen and oxygen atoms in total. The lowest BCUT2D eigenvalue weighted by atomic mass is 10.0. The van der Waals surface area contributed by atoms with Crippen LogP contribution in [0.3, 0.4) is 0 Å². The maximum atomic E-state index is 12.2. The van der Waals surface area contributed by atoms with Gasteiger partial charge in [0.1, 0.15) is 24.5 Å². The molecule has 1 aromatic carbocycles. The number of hydrogen-bond donors (Lipinski definition) is 5. The number of carboxylic acid groups (broad SMARTS) is 3. The Kier molecular flexibility index (Phi) is 31.0. The molecule has 1 rings (SSSR count). The molecular formula is C40H66N2O13. The van der Waals surface area contributed by atoms with E-state index in [0.717, 1.165) is 44.1 Å². The Morgan fingerprint density at radius 3 is 1.44 bits per heavy atom. The van der Waals surface area contributed by atoms with Crippen LogP contribution in [0, 0.1) is 0 Å². The monoisotopic (exact) mass is 782 g/mol. The Labute approximate surface area is 326 Å². The number of carbonyl (C=O) groups is 5. The molecule has 0 saturated heterocycles. The van der Waals surface area contributed by atoms with Crippen LogP contribution in [0.4, 0.5) is 0 Å². The zero-order valence-electron chi connectivity index (χ0n) is 32.7. The van der Waals surface area contributed by atoms with Gasteiger partial charge in [-0.3, -0.25) is 14.4 Å². The van der Waals surface area contributed by atoms with Gasteiger partial charge in [0.15, 0.2) is 6.61 Å². The molecule has 1 aromatic rings. The van der Waals surface area contributed by atoms with Crippen molar-refractivity contribution in [2.75, 3.05) is 72.6 Å². The van der Waals surface area contributed by atoms with Gasteiger partial charge in [-0.25, -0.2) is 9.59 Å². The second-order valence-electron chi connectivity index (χ2n) is 13.4. The Bertz CT molecular complexity index is 1200. The summed E-state index contributed by atoms with van der Waals surface area (Å²) < 4.78 is 26.2. The number of carboxylic acids is 3. The van der Waals surface area contributed by atoms with Crippen LogP contribution in [-0.4, -0.2) is 118 Å². The molecule has 15 heteroatoms. The van der Waals surface area contributed by atoms with Crippen molar-refractivity contribution in [2.24, 2.45) is 0 Å². The molecule has 0 aliphatic carbocycles. The average molecular weight is 783 g/mol. The number of nitrogens with one attached hydrogen (secondary N) is 2. The molecule has 55 heavy (non-hydrogen) atoms. The molecule has 0 aromatic heterocycles. The first-order chi connectivity index (χ1) is 26.7. The van der Waals surface area contributed by atoms with Crippen LogP contribution >= 0.6 is 0 Å². The molecule has 0 saturated carbocycles. The smallest absolute Gasteiger partial charge is 0.339 e. The SMILES string of the molecule is O=C(O)CCCCCCCCCCCCCCCCCCc1ccc(OCC(=O)NCCOCCOCC(=O)NCCOCCOCC(=O)O)c(C(=O)O)c1. The van der Waals surface area contributed by atoms with E-state index >= 15 is 0 Å². The van der Waals surface area contributed by atoms with Crippen LogP contribution < -0.4 is 15.4 Å². The first-order valence-electron chi connectivity index (χ1n) is 20.0. The van der Waals surface area contributed by atoms with Gasteiger partial charge >= 0.3 is 17.9 Å². The van der Waals surface area contributed by atoms with Crippen molar-refractivity contribution in [3.8, 4) is 5.75 Å².